The summed E-state index contributed by atoms with van der Waals surface area (Å²) in [5.41, 5.74) is 1.97. The maximum absolute atomic E-state index is 5.25. The molecule has 0 atom stereocenters. The van der Waals surface area contributed by atoms with Gasteiger partial charge < -0.3 is 10.1 Å². The highest BCUT2D eigenvalue weighted by atomic mass is 16.5. The van der Waals surface area contributed by atoms with Gasteiger partial charge in [0.15, 0.2) is 5.65 Å². The van der Waals surface area contributed by atoms with Gasteiger partial charge in [-0.25, -0.2) is 4.52 Å². The smallest absolute Gasteiger partial charge is 0.243 e. The minimum absolute atomic E-state index is 0.395. The number of aromatic nitrogens is 3. The van der Waals surface area contributed by atoms with Gasteiger partial charge >= 0.3 is 0 Å². The number of fused-ring (bicyclic) bond motifs is 1. The van der Waals surface area contributed by atoms with Gasteiger partial charge in [-0.2, -0.15) is 4.98 Å². The van der Waals surface area contributed by atoms with Crippen molar-refractivity contribution in [3.8, 4) is 0 Å². The van der Waals surface area contributed by atoms with Gasteiger partial charge in [-0.15, -0.1) is 5.10 Å². The predicted molar refractivity (Wildman–Crippen MR) is 65.2 cm³/mol. The standard InChI is InChI=1S/C12H16N4O/c1-8-4-3-5-11-14-12(15-16(8)11)13-9-6-10(7-9)17-2/h3-5,9-10H,6-7H2,1-2H3,(H,13,15). The number of aryl methyl sites for hydroxylation is 1. The summed E-state index contributed by atoms with van der Waals surface area (Å²) in [7, 11) is 1.76. The van der Waals surface area contributed by atoms with Crippen molar-refractivity contribution in [3.05, 3.63) is 23.9 Å². The van der Waals surface area contributed by atoms with Crippen LogP contribution in [0.15, 0.2) is 18.2 Å². The Morgan fingerprint density at radius 1 is 1.41 bits per heavy atom. The summed E-state index contributed by atoms with van der Waals surface area (Å²) in [6.45, 7) is 2.02. The largest absolute Gasteiger partial charge is 0.381 e. The summed E-state index contributed by atoms with van der Waals surface area (Å²) >= 11 is 0. The van der Waals surface area contributed by atoms with Gasteiger partial charge in [-0.3, -0.25) is 0 Å². The van der Waals surface area contributed by atoms with E-state index in [1.54, 1.807) is 7.11 Å². The van der Waals surface area contributed by atoms with Crippen LogP contribution in [0, 0.1) is 6.92 Å². The minimum atomic E-state index is 0.395. The van der Waals surface area contributed by atoms with Gasteiger partial charge in [0.2, 0.25) is 5.95 Å². The lowest BCUT2D eigenvalue weighted by Crippen LogP contribution is -2.40. The van der Waals surface area contributed by atoms with Gasteiger partial charge in [0.1, 0.15) is 0 Å². The molecule has 1 aliphatic carbocycles. The maximum atomic E-state index is 5.25. The van der Waals surface area contributed by atoms with Gasteiger partial charge in [-0.1, -0.05) is 6.07 Å². The highest BCUT2D eigenvalue weighted by molar-refractivity contribution is 5.44. The first-order valence-corrected chi connectivity index (χ1v) is 5.88. The average Bonchev–Trinajstić information content (AvgIpc) is 2.67. The Bertz CT molecular complexity index is 530. The number of ether oxygens (including phenoxy) is 1. The zero-order valence-corrected chi connectivity index (χ0v) is 10.1. The van der Waals surface area contributed by atoms with E-state index >= 15 is 0 Å². The Labute approximate surface area is 99.8 Å². The third-order valence-corrected chi connectivity index (χ3v) is 3.31. The molecule has 0 aromatic carbocycles. The summed E-state index contributed by atoms with van der Waals surface area (Å²) in [5.74, 6) is 0.707. The first kappa shape index (κ1) is 10.5. The van der Waals surface area contributed by atoms with Crippen molar-refractivity contribution in [1.29, 1.82) is 0 Å². The molecule has 1 fully saturated rings. The van der Waals surface area contributed by atoms with Gasteiger partial charge in [0, 0.05) is 18.8 Å². The van der Waals surface area contributed by atoms with Gasteiger partial charge in [0.25, 0.3) is 0 Å². The van der Waals surface area contributed by atoms with Crippen LogP contribution in [0.3, 0.4) is 0 Å². The highest BCUT2D eigenvalue weighted by Crippen LogP contribution is 2.25. The number of pyridine rings is 1. The average molecular weight is 232 g/mol. The Morgan fingerprint density at radius 3 is 2.94 bits per heavy atom. The molecule has 17 heavy (non-hydrogen) atoms. The van der Waals surface area contributed by atoms with E-state index in [4.69, 9.17) is 4.74 Å². The molecule has 3 rings (SSSR count). The molecular formula is C12H16N4O. The van der Waals surface area contributed by atoms with Crippen molar-refractivity contribution in [1.82, 2.24) is 14.6 Å². The molecule has 1 saturated carbocycles. The van der Waals surface area contributed by atoms with Crippen molar-refractivity contribution >= 4 is 11.6 Å². The van der Waals surface area contributed by atoms with E-state index in [0.29, 0.717) is 18.1 Å². The number of nitrogens with one attached hydrogen (secondary N) is 1. The van der Waals surface area contributed by atoms with E-state index in [9.17, 15) is 0 Å². The lowest BCUT2D eigenvalue weighted by Gasteiger charge is -2.34. The molecule has 0 aliphatic heterocycles. The Kier molecular flexibility index (Phi) is 2.48. The molecule has 0 spiro atoms. The van der Waals surface area contributed by atoms with E-state index in [-0.39, 0.29) is 0 Å². The van der Waals surface area contributed by atoms with Crippen molar-refractivity contribution in [2.45, 2.75) is 31.9 Å². The number of anilines is 1. The number of hydrogen-bond donors (Lipinski definition) is 1. The molecule has 5 nitrogen and oxygen atoms in total. The molecular weight excluding hydrogens is 216 g/mol. The molecule has 1 N–H and O–H groups in total. The predicted octanol–water partition coefficient (Wildman–Crippen LogP) is 1.63. The fraction of sp³-hybridized carbons (Fsp3) is 0.500. The van der Waals surface area contributed by atoms with E-state index in [2.05, 4.69) is 15.4 Å². The second-order valence-corrected chi connectivity index (χ2v) is 4.54. The monoisotopic (exact) mass is 232 g/mol. The SMILES string of the molecule is COC1CC(Nc2nc3cccc(C)n3n2)C1. The van der Waals surface area contributed by atoms with Crippen molar-refractivity contribution in [2.75, 3.05) is 12.4 Å². The number of hydrogen-bond acceptors (Lipinski definition) is 4. The van der Waals surface area contributed by atoms with E-state index in [1.165, 1.54) is 0 Å². The Morgan fingerprint density at radius 2 is 2.24 bits per heavy atom. The summed E-state index contributed by atoms with van der Waals surface area (Å²) in [4.78, 5) is 4.45. The molecule has 0 radical (unpaired) electrons. The summed E-state index contributed by atoms with van der Waals surface area (Å²) in [5, 5.41) is 7.77. The first-order chi connectivity index (χ1) is 8.26. The Hall–Kier alpha value is -1.62. The van der Waals surface area contributed by atoms with Crippen molar-refractivity contribution < 1.29 is 4.74 Å². The fourth-order valence-electron chi connectivity index (χ4n) is 2.16. The van der Waals surface area contributed by atoms with Crippen LogP contribution in [0.25, 0.3) is 5.65 Å². The summed E-state index contributed by atoms with van der Waals surface area (Å²) in [6, 6.07) is 6.42. The fourth-order valence-corrected chi connectivity index (χ4v) is 2.16. The molecule has 90 valence electrons. The van der Waals surface area contributed by atoms with Crippen LogP contribution < -0.4 is 5.32 Å². The molecule has 0 unspecified atom stereocenters. The molecule has 1 aliphatic rings. The quantitative estimate of drug-likeness (QED) is 0.873. The van der Waals surface area contributed by atoms with Crippen LogP contribution >= 0.6 is 0 Å². The molecule has 0 saturated heterocycles. The van der Waals surface area contributed by atoms with Crippen molar-refractivity contribution in [3.63, 3.8) is 0 Å². The topological polar surface area (TPSA) is 51.5 Å². The Balaban J connectivity index is 1.76. The van der Waals surface area contributed by atoms with E-state index in [1.807, 2.05) is 29.6 Å². The third kappa shape index (κ3) is 1.86. The number of rotatable bonds is 3. The molecule has 2 aromatic heterocycles. The number of methoxy groups -OCH3 is 1. The molecule has 2 aromatic rings. The van der Waals surface area contributed by atoms with Crippen molar-refractivity contribution in [2.24, 2.45) is 0 Å². The highest BCUT2D eigenvalue weighted by Gasteiger charge is 2.29. The first-order valence-electron chi connectivity index (χ1n) is 5.88. The third-order valence-electron chi connectivity index (χ3n) is 3.31. The van der Waals surface area contributed by atoms with Crippen LogP contribution in [0.5, 0.6) is 0 Å². The molecule has 0 bridgehead atoms. The lowest BCUT2D eigenvalue weighted by atomic mass is 9.89. The van der Waals surface area contributed by atoms with Crippen LogP contribution in [0.1, 0.15) is 18.5 Å². The van der Waals surface area contributed by atoms with Gasteiger partial charge in [-0.05, 0) is 31.9 Å². The van der Waals surface area contributed by atoms with Crippen LogP contribution in [-0.4, -0.2) is 33.9 Å². The molecule has 5 heteroatoms. The maximum Gasteiger partial charge on any atom is 0.243 e. The number of nitrogens with zero attached hydrogens (tertiary/aromatic N) is 3. The zero-order chi connectivity index (χ0) is 11.8. The van der Waals surface area contributed by atoms with E-state index < -0.39 is 0 Å². The van der Waals surface area contributed by atoms with Crippen LogP contribution in [0.4, 0.5) is 5.95 Å². The van der Waals surface area contributed by atoms with Gasteiger partial charge in [0.05, 0.1) is 6.10 Å². The molecule has 0 amide bonds. The van der Waals surface area contributed by atoms with Crippen LogP contribution in [0.2, 0.25) is 0 Å². The summed E-state index contributed by atoms with van der Waals surface area (Å²) in [6.07, 6.45) is 2.46. The lowest BCUT2D eigenvalue weighted by molar-refractivity contribution is 0.0327. The molecule has 2 heterocycles. The zero-order valence-electron chi connectivity index (χ0n) is 10.1. The second-order valence-electron chi connectivity index (χ2n) is 4.54. The van der Waals surface area contributed by atoms with E-state index in [0.717, 1.165) is 24.2 Å². The second kappa shape index (κ2) is 4.00. The normalized spacial score (nSPS) is 23.6. The van der Waals surface area contributed by atoms with Crippen LogP contribution in [-0.2, 0) is 4.74 Å². The summed E-state index contributed by atoms with van der Waals surface area (Å²) < 4.78 is 7.10. The minimum Gasteiger partial charge on any atom is -0.381 e.